The zero-order valence-electron chi connectivity index (χ0n) is 15.3. The molecule has 13 heteroatoms. The summed E-state index contributed by atoms with van der Waals surface area (Å²) < 4.78 is 29.3. The molecule has 0 saturated carbocycles. The van der Waals surface area contributed by atoms with E-state index in [9.17, 15) is 13.2 Å². The van der Waals surface area contributed by atoms with Crippen LogP contribution in [0.2, 0.25) is 0 Å². The third kappa shape index (κ3) is 2.94. The minimum atomic E-state index is -3.99. The molecule has 0 fully saturated rings. The molecule has 0 radical (unpaired) electrons. The Kier molecular flexibility index (Phi) is 4.56. The lowest BCUT2D eigenvalue weighted by atomic mass is 10.4. The molecule has 0 atom stereocenters. The number of aryl methyl sites for hydroxylation is 3. The second kappa shape index (κ2) is 6.69. The van der Waals surface area contributed by atoms with Crippen LogP contribution in [0.3, 0.4) is 0 Å². The first kappa shape index (κ1) is 19.1. The number of imidazole rings is 1. The molecule has 0 bridgehead atoms. The number of nitrogens with zero attached hydrogens (tertiary/aromatic N) is 6. The van der Waals surface area contributed by atoms with Gasteiger partial charge in [-0.25, -0.2) is 18.5 Å². The van der Waals surface area contributed by atoms with Gasteiger partial charge in [-0.2, -0.15) is 0 Å². The largest absolute Gasteiger partial charge is 0.327 e. The molecular weight excluding hydrogens is 422 g/mol. The van der Waals surface area contributed by atoms with Crippen molar-refractivity contribution in [3.8, 4) is 0 Å². The third-order valence-corrected chi connectivity index (χ3v) is 7.25. The van der Waals surface area contributed by atoms with Gasteiger partial charge < -0.3 is 4.57 Å². The van der Waals surface area contributed by atoms with Gasteiger partial charge in [-0.05, 0) is 31.2 Å². The highest BCUT2D eigenvalue weighted by atomic mass is 32.2. The van der Waals surface area contributed by atoms with Crippen LogP contribution in [0, 0.1) is 6.92 Å². The summed E-state index contributed by atoms with van der Waals surface area (Å²) in [4.78, 5) is 17.8. The second-order valence-electron chi connectivity index (χ2n) is 6.26. The van der Waals surface area contributed by atoms with Crippen molar-refractivity contribution in [2.24, 2.45) is 12.2 Å². The minimum absolute atomic E-state index is 0.0999. The average molecular weight is 440 g/mol. The Balaban J connectivity index is 2.01. The lowest BCUT2D eigenvalue weighted by molar-refractivity contribution is 0.590. The lowest BCUT2D eigenvalue weighted by Crippen LogP contribution is -2.22. The van der Waals surface area contributed by atoms with E-state index in [0.717, 1.165) is 23.1 Å². The summed E-state index contributed by atoms with van der Waals surface area (Å²) in [6, 6.07) is 1.90. The van der Waals surface area contributed by atoms with E-state index in [-0.39, 0.29) is 10.6 Å². The maximum atomic E-state index is 12.9. The molecule has 0 spiro atoms. The van der Waals surface area contributed by atoms with Crippen LogP contribution in [0.15, 0.2) is 32.4 Å². The van der Waals surface area contributed by atoms with Crippen LogP contribution in [0.5, 0.6) is 0 Å². The van der Waals surface area contributed by atoms with E-state index < -0.39 is 10.0 Å². The number of sulfonamides is 1. The number of hydrogen-bond donors (Lipinski definition) is 1. The monoisotopic (exact) mass is 439 g/mol. The maximum Gasteiger partial charge on any atom is 0.272 e. The van der Waals surface area contributed by atoms with E-state index in [1.165, 1.54) is 17.7 Å². The molecule has 0 aliphatic carbocycles. The normalized spacial score (nSPS) is 12.4. The summed E-state index contributed by atoms with van der Waals surface area (Å²) >= 11 is 2.50. The molecular formula is C15H17N7O3S3. The van der Waals surface area contributed by atoms with Crippen molar-refractivity contribution < 1.29 is 8.42 Å². The van der Waals surface area contributed by atoms with Gasteiger partial charge in [0, 0.05) is 18.5 Å². The Hall–Kier alpha value is -2.22. The fraction of sp³-hybridized carbons (Fsp3) is 0.333. The Morgan fingerprint density at radius 3 is 2.75 bits per heavy atom. The van der Waals surface area contributed by atoms with Crippen LogP contribution >= 0.6 is 23.1 Å². The third-order valence-electron chi connectivity index (χ3n) is 4.13. The number of nitrogens with two attached hydrogens (primary N) is 1. The molecule has 4 heterocycles. The molecule has 148 valence electrons. The van der Waals surface area contributed by atoms with Crippen LogP contribution < -0.4 is 10.7 Å². The molecule has 0 unspecified atom stereocenters. The summed E-state index contributed by atoms with van der Waals surface area (Å²) in [7, 11) is -2.32. The topological polar surface area (TPSA) is 130 Å². The van der Waals surface area contributed by atoms with E-state index in [1.54, 1.807) is 20.6 Å². The summed E-state index contributed by atoms with van der Waals surface area (Å²) in [6.07, 6.45) is 2.14. The maximum absolute atomic E-state index is 12.9. The van der Waals surface area contributed by atoms with Gasteiger partial charge in [0.25, 0.3) is 15.6 Å². The highest BCUT2D eigenvalue weighted by Crippen LogP contribution is 2.33. The fourth-order valence-corrected chi connectivity index (χ4v) is 5.82. The SMILES string of the molecule is CCCn1c(=O)c2sc(C)cc2n2c(Sc3c(S(N)(=O)=O)ncn3C)nnc12. The quantitative estimate of drug-likeness (QED) is 0.497. The molecule has 4 rings (SSSR count). The molecule has 0 aliphatic heterocycles. The summed E-state index contributed by atoms with van der Waals surface area (Å²) in [5.74, 6) is 0.416. The standard InChI is InChI=1S/C15H17N7O3S3/c1-4-5-21-12(23)10-9(6-8(2)26-10)22-14(21)18-19-15(22)27-13-11(28(16,24)25)17-7-20(13)3/h6-7H,4-5H2,1-3H3,(H2,16,24,25). The number of primary sulfonamides is 1. The van der Waals surface area contributed by atoms with E-state index in [2.05, 4.69) is 15.2 Å². The van der Waals surface area contributed by atoms with Crippen molar-refractivity contribution in [3.63, 3.8) is 0 Å². The van der Waals surface area contributed by atoms with Crippen LogP contribution in [0.25, 0.3) is 16.0 Å². The molecule has 0 amide bonds. The molecule has 2 N–H and O–H groups in total. The number of hydrogen-bond acceptors (Lipinski definition) is 8. The number of rotatable bonds is 5. The molecule has 4 aromatic rings. The van der Waals surface area contributed by atoms with Gasteiger partial charge in [-0.15, -0.1) is 21.5 Å². The molecule has 0 aromatic carbocycles. The van der Waals surface area contributed by atoms with E-state index in [4.69, 9.17) is 5.14 Å². The Labute approximate surface area is 168 Å². The first-order valence-corrected chi connectivity index (χ1v) is 11.5. The molecule has 4 aromatic heterocycles. The van der Waals surface area contributed by atoms with Gasteiger partial charge >= 0.3 is 0 Å². The van der Waals surface area contributed by atoms with E-state index >= 15 is 0 Å². The van der Waals surface area contributed by atoms with Crippen LogP contribution in [-0.4, -0.2) is 37.1 Å². The smallest absolute Gasteiger partial charge is 0.272 e. The lowest BCUT2D eigenvalue weighted by Gasteiger charge is -2.08. The predicted octanol–water partition coefficient (Wildman–Crippen LogP) is 1.36. The van der Waals surface area contributed by atoms with Gasteiger partial charge in [0.15, 0.2) is 0 Å². The Morgan fingerprint density at radius 2 is 2.07 bits per heavy atom. The van der Waals surface area contributed by atoms with Crippen molar-refractivity contribution in [1.82, 2.24) is 28.7 Å². The van der Waals surface area contributed by atoms with Gasteiger partial charge in [0.05, 0.1) is 11.8 Å². The number of aromatic nitrogens is 6. The summed E-state index contributed by atoms with van der Waals surface area (Å²) in [6.45, 7) is 4.41. The van der Waals surface area contributed by atoms with Crippen LogP contribution in [0.1, 0.15) is 18.2 Å². The van der Waals surface area contributed by atoms with E-state index in [0.29, 0.717) is 32.7 Å². The molecule has 0 aliphatic rings. The molecule has 0 saturated heterocycles. The summed E-state index contributed by atoms with van der Waals surface area (Å²) in [5.41, 5.74) is 0.596. The average Bonchev–Trinajstić information content (AvgIpc) is 3.29. The highest BCUT2D eigenvalue weighted by molar-refractivity contribution is 8.00. The number of thiophene rings is 1. The van der Waals surface area contributed by atoms with Crippen molar-refractivity contribution >= 4 is 49.1 Å². The number of fused-ring (bicyclic) bond motifs is 3. The van der Waals surface area contributed by atoms with Crippen LogP contribution in [-0.2, 0) is 23.6 Å². The fourth-order valence-electron chi connectivity index (χ4n) is 2.97. The Morgan fingerprint density at radius 1 is 1.32 bits per heavy atom. The predicted molar refractivity (Wildman–Crippen MR) is 106 cm³/mol. The van der Waals surface area contributed by atoms with Gasteiger partial charge in [-0.1, -0.05) is 6.92 Å². The van der Waals surface area contributed by atoms with Gasteiger partial charge in [0.1, 0.15) is 9.73 Å². The highest BCUT2D eigenvalue weighted by Gasteiger charge is 2.24. The van der Waals surface area contributed by atoms with Crippen molar-refractivity contribution in [3.05, 3.63) is 27.6 Å². The van der Waals surface area contributed by atoms with Crippen molar-refractivity contribution in [2.75, 3.05) is 0 Å². The minimum Gasteiger partial charge on any atom is -0.327 e. The van der Waals surface area contributed by atoms with Crippen molar-refractivity contribution in [1.29, 1.82) is 0 Å². The van der Waals surface area contributed by atoms with Crippen LogP contribution in [0.4, 0.5) is 0 Å². The first-order chi connectivity index (χ1) is 13.2. The Bertz CT molecular complexity index is 1380. The molecule has 10 nitrogen and oxygen atoms in total. The van der Waals surface area contributed by atoms with E-state index in [1.807, 2.05) is 19.9 Å². The first-order valence-electron chi connectivity index (χ1n) is 8.32. The zero-order chi connectivity index (χ0) is 20.2. The molecule has 28 heavy (non-hydrogen) atoms. The van der Waals surface area contributed by atoms with Crippen molar-refractivity contribution in [2.45, 2.75) is 42.0 Å². The zero-order valence-corrected chi connectivity index (χ0v) is 17.7. The second-order valence-corrected chi connectivity index (χ2v) is 9.95. The summed E-state index contributed by atoms with van der Waals surface area (Å²) in [5, 5.41) is 14.2. The van der Waals surface area contributed by atoms with Gasteiger partial charge in [0.2, 0.25) is 16.0 Å². The van der Waals surface area contributed by atoms with Gasteiger partial charge in [-0.3, -0.25) is 13.8 Å².